The molecule has 0 unspecified atom stereocenters. The van der Waals surface area contributed by atoms with Gasteiger partial charge in [0.25, 0.3) is 0 Å². The van der Waals surface area contributed by atoms with Gasteiger partial charge in [-0.3, -0.25) is 0 Å². The van der Waals surface area contributed by atoms with Crippen molar-refractivity contribution >= 4 is 33.5 Å². The fourth-order valence-electron chi connectivity index (χ4n) is 6.44. The van der Waals surface area contributed by atoms with E-state index in [0.717, 1.165) is 66.1 Å². The first-order valence-corrected chi connectivity index (χ1v) is 15.1. The maximum absolute atomic E-state index is 12.8. The molecule has 4 nitrogen and oxygen atoms in total. The molecular formula is C42H30O4. The van der Waals surface area contributed by atoms with Crippen LogP contribution in [-0.4, -0.2) is 26.2 Å². The average Bonchev–Trinajstić information content (AvgIpc) is 3.13. The maximum Gasteiger partial charge on any atom is 0.338 e. The van der Waals surface area contributed by atoms with Crippen LogP contribution in [0.5, 0.6) is 0 Å². The Bertz CT molecular complexity index is 2090. The summed E-state index contributed by atoms with van der Waals surface area (Å²) >= 11 is 0. The largest absolute Gasteiger partial charge is 0.465 e. The third-order valence-electron chi connectivity index (χ3n) is 8.53. The summed E-state index contributed by atoms with van der Waals surface area (Å²) in [5, 5.41) is 4.29. The lowest BCUT2D eigenvalue weighted by Gasteiger charge is -2.20. The lowest BCUT2D eigenvalue weighted by Crippen LogP contribution is -2.03. The van der Waals surface area contributed by atoms with Crippen LogP contribution in [0.2, 0.25) is 0 Å². The molecule has 0 aromatic heterocycles. The van der Waals surface area contributed by atoms with Gasteiger partial charge in [-0.1, -0.05) is 121 Å². The Morgan fingerprint density at radius 1 is 0.391 bits per heavy atom. The van der Waals surface area contributed by atoms with E-state index < -0.39 is 0 Å². The van der Waals surface area contributed by atoms with E-state index in [-0.39, 0.29) is 11.9 Å². The highest BCUT2D eigenvalue weighted by molar-refractivity contribution is 6.22. The molecule has 4 heteroatoms. The van der Waals surface area contributed by atoms with E-state index in [1.807, 2.05) is 48.5 Å². The SMILES string of the molecule is COC(=O)c1ccccc1-c1ccc2c(-c3ccccc3)c3cc(-c4ccccc4C(=O)OC)ccc3c(-c3ccccc3)c2c1. The first-order chi connectivity index (χ1) is 22.6. The molecule has 0 aliphatic heterocycles. The molecule has 0 spiro atoms. The molecule has 0 atom stereocenters. The number of ether oxygens (including phenoxy) is 2. The van der Waals surface area contributed by atoms with Gasteiger partial charge in [-0.2, -0.15) is 0 Å². The lowest BCUT2D eigenvalue weighted by atomic mass is 9.83. The van der Waals surface area contributed by atoms with E-state index >= 15 is 0 Å². The normalized spacial score (nSPS) is 11.0. The second-order valence-electron chi connectivity index (χ2n) is 11.1. The Labute approximate surface area is 267 Å². The second-order valence-corrected chi connectivity index (χ2v) is 11.1. The Hall–Kier alpha value is -6.00. The van der Waals surface area contributed by atoms with Gasteiger partial charge in [0, 0.05) is 0 Å². The Morgan fingerprint density at radius 3 is 1.15 bits per heavy atom. The summed E-state index contributed by atoms with van der Waals surface area (Å²) in [5.41, 5.74) is 8.85. The number of benzene rings is 7. The predicted molar refractivity (Wildman–Crippen MR) is 186 cm³/mol. The first kappa shape index (κ1) is 28.8. The van der Waals surface area contributed by atoms with Crippen LogP contribution in [0.15, 0.2) is 146 Å². The van der Waals surface area contributed by atoms with Crippen molar-refractivity contribution < 1.29 is 19.1 Å². The first-order valence-electron chi connectivity index (χ1n) is 15.1. The van der Waals surface area contributed by atoms with Gasteiger partial charge in [-0.05, 0) is 90.3 Å². The minimum absolute atomic E-state index is 0.373. The summed E-state index contributed by atoms with van der Waals surface area (Å²) in [5.74, 6) is -0.746. The summed E-state index contributed by atoms with van der Waals surface area (Å²) < 4.78 is 10.2. The van der Waals surface area contributed by atoms with Gasteiger partial charge in [-0.15, -0.1) is 0 Å². The van der Waals surface area contributed by atoms with Gasteiger partial charge in [0.2, 0.25) is 0 Å². The number of esters is 2. The fourth-order valence-corrected chi connectivity index (χ4v) is 6.44. The molecule has 0 radical (unpaired) electrons. The summed E-state index contributed by atoms with van der Waals surface area (Å²) in [6, 6.07) is 48.7. The number of fused-ring (bicyclic) bond motifs is 2. The molecule has 0 saturated heterocycles. The van der Waals surface area contributed by atoms with E-state index in [1.165, 1.54) is 14.2 Å². The minimum Gasteiger partial charge on any atom is -0.465 e. The van der Waals surface area contributed by atoms with Crippen molar-refractivity contribution in [3.8, 4) is 44.5 Å². The molecule has 222 valence electrons. The van der Waals surface area contributed by atoms with Crippen LogP contribution < -0.4 is 0 Å². The van der Waals surface area contributed by atoms with Gasteiger partial charge in [0.15, 0.2) is 0 Å². The molecule has 0 heterocycles. The van der Waals surface area contributed by atoms with Gasteiger partial charge < -0.3 is 9.47 Å². The lowest BCUT2D eigenvalue weighted by molar-refractivity contribution is 0.0592. The standard InChI is InChI=1S/C42H30O4/c1-45-41(43)35-19-11-9-17-31(35)29-21-23-33-37(25-29)39(27-13-5-3-6-14-27)34-24-22-30(32-18-10-12-20-36(32)42(44)46-2)26-38(34)40(33)28-15-7-4-8-16-28/h3-26H,1-2H3. The van der Waals surface area contributed by atoms with E-state index in [4.69, 9.17) is 9.47 Å². The molecule has 46 heavy (non-hydrogen) atoms. The third-order valence-corrected chi connectivity index (χ3v) is 8.53. The minimum atomic E-state index is -0.373. The van der Waals surface area contributed by atoms with Crippen molar-refractivity contribution in [3.05, 3.63) is 157 Å². The van der Waals surface area contributed by atoms with Crippen LogP contribution in [0.1, 0.15) is 20.7 Å². The Balaban J connectivity index is 1.61. The smallest absolute Gasteiger partial charge is 0.338 e. The van der Waals surface area contributed by atoms with Crippen LogP contribution in [0, 0.1) is 0 Å². The highest BCUT2D eigenvalue weighted by Gasteiger charge is 2.21. The highest BCUT2D eigenvalue weighted by atomic mass is 16.5. The average molecular weight is 599 g/mol. The summed E-state index contributed by atoms with van der Waals surface area (Å²) in [6.45, 7) is 0. The van der Waals surface area contributed by atoms with Crippen molar-refractivity contribution in [2.45, 2.75) is 0 Å². The summed E-state index contributed by atoms with van der Waals surface area (Å²) in [7, 11) is 2.81. The topological polar surface area (TPSA) is 52.6 Å². The van der Waals surface area contributed by atoms with Gasteiger partial charge in [0.1, 0.15) is 0 Å². The van der Waals surface area contributed by atoms with Crippen LogP contribution in [0.3, 0.4) is 0 Å². The fraction of sp³-hybridized carbons (Fsp3) is 0.0476. The van der Waals surface area contributed by atoms with Crippen LogP contribution in [0.4, 0.5) is 0 Å². The van der Waals surface area contributed by atoms with Crippen molar-refractivity contribution in [1.82, 2.24) is 0 Å². The number of hydrogen-bond acceptors (Lipinski definition) is 4. The number of hydrogen-bond donors (Lipinski definition) is 0. The summed E-state index contributed by atoms with van der Waals surface area (Å²) in [6.07, 6.45) is 0. The van der Waals surface area contributed by atoms with Gasteiger partial charge in [-0.25, -0.2) is 9.59 Å². The third kappa shape index (κ3) is 5.00. The highest BCUT2D eigenvalue weighted by Crippen LogP contribution is 2.46. The number of rotatable bonds is 6. The molecule has 0 saturated carbocycles. The quantitative estimate of drug-likeness (QED) is 0.141. The zero-order valence-electron chi connectivity index (χ0n) is 25.5. The molecule has 7 rings (SSSR count). The van der Waals surface area contributed by atoms with E-state index in [2.05, 4.69) is 84.9 Å². The summed E-state index contributed by atoms with van der Waals surface area (Å²) in [4.78, 5) is 25.5. The molecule has 7 aromatic carbocycles. The van der Waals surface area contributed by atoms with Crippen molar-refractivity contribution in [2.75, 3.05) is 14.2 Å². The Morgan fingerprint density at radius 2 is 0.761 bits per heavy atom. The van der Waals surface area contributed by atoms with Crippen molar-refractivity contribution in [2.24, 2.45) is 0 Å². The molecule has 0 bridgehead atoms. The molecule has 0 aliphatic rings. The molecule has 0 N–H and O–H groups in total. The van der Waals surface area contributed by atoms with Gasteiger partial charge >= 0.3 is 11.9 Å². The van der Waals surface area contributed by atoms with Crippen molar-refractivity contribution in [1.29, 1.82) is 0 Å². The van der Waals surface area contributed by atoms with Crippen molar-refractivity contribution in [3.63, 3.8) is 0 Å². The number of carbonyl (C=O) groups excluding carboxylic acids is 2. The molecule has 0 aliphatic carbocycles. The maximum atomic E-state index is 12.8. The molecule has 0 amide bonds. The Kier molecular flexibility index (Phi) is 7.61. The van der Waals surface area contributed by atoms with Crippen LogP contribution in [0.25, 0.3) is 66.1 Å². The van der Waals surface area contributed by atoms with E-state index in [1.54, 1.807) is 12.1 Å². The van der Waals surface area contributed by atoms with Crippen LogP contribution >= 0.6 is 0 Å². The zero-order valence-corrected chi connectivity index (χ0v) is 25.5. The van der Waals surface area contributed by atoms with E-state index in [0.29, 0.717) is 11.1 Å². The molecule has 0 fully saturated rings. The van der Waals surface area contributed by atoms with Gasteiger partial charge in [0.05, 0.1) is 25.3 Å². The second kappa shape index (κ2) is 12.2. The predicted octanol–water partition coefficient (Wildman–Crippen LogP) is 10.2. The van der Waals surface area contributed by atoms with Crippen LogP contribution in [-0.2, 0) is 9.47 Å². The molecular weight excluding hydrogens is 568 g/mol. The number of carbonyl (C=O) groups is 2. The monoisotopic (exact) mass is 598 g/mol. The molecule has 7 aromatic rings. The number of methoxy groups -OCH3 is 2. The van der Waals surface area contributed by atoms with E-state index in [9.17, 15) is 9.59 Å². The zero-order chi connectivity index (χ0) is 31.6.